The fraction of sp³-hybridized carbons (Fsp3) is 0.909. The van der Waals surface area contributed by atoms with Gasteiger partial charge < -0.3 is 19.9 Å². The van der Waals surface area contributed by atoms with Gasteiger partial charge in [-0.25, -0.2) is 0 Å². The Morgan fingerprint density at radius 2 is 2.38 bits per heavy atom. The maximum atomic E-state index is 11.3. The Balaban J connectivity index is 2.11. The number of ether oxygens (including phenoxy) is 3. The monoisotopic (exact) mass is 231 g/mol. The summed E-state index contributed by atoms with van der Waals surface area (Å²) in [7, 11) is 1.33. The Morgan fingerprint density at radius 3 is 2.94 bits per heavy atom. The average molecular weight is 231 g/mol. The van der Waals surface area contributed by atoms with E-state index >= 15 is 0 Å². The zero-order chi connectivity index (χ0) is 12.0. The van der Waals surface area contributed by atoms with Crippen molar-refractivity contribution >= 4 is 5.97 Å². The number of carbonyl (C=O) groups is 1. The second kappa shape index (κ2) is 6.18. The van der Waals surface area contributed by atoms with Crippen molar-refractivity contribution in [3.05, 3.63) is 0 Å². The van der Waals surface area contributed by atoms with Gasteiger partial charge in [-0.1, -0.05) is 0 Å². The van der Waals surface area contributed by atoms with Gasteiger partial charge in [-0.3, -0.25) is 4.79 Å². The summed E-state index contributed by atoms with van der Waals surface area (Å²) < 4.78 is 15.4. The Labute approximate surface area is 96.2 Å². The highest BCUT2D eigenvalue weighted by Crippen LogP contribution is 2.13. The molecule has 1 aliphatic heterocycles. The first-order valence-corrected chi connectivity index (χ1v) is 5.63. The lowest BCUT2D eigenvalue weighted by molar-refractivity contribution is -0.147. The average Bonchev–Trinajstić information content (AvgIpc) is 2.76. The molecule has 2 atom stereocenters. The maximum Gasteiger partial charge on any atom is 0.325 e. The van der Waals surface area contributed by atoms with Gasteiger partial charge in [-0.05, 0) is 26.2 Å². The first kappa shape index (κ1) is 13.4. The molecule has 0 aromatic heterocycles. The molecular weight excluding hydrogens is 210 g/mol. The van der Waals surface area contributed by atoms with E-state index < -0.39 is 11.5 Å². The van der Waals surface area contributed by atoms with Gasteiger partial charge in [-0.2, -0.15) is 0 Å². The molecule has 0 amide bonds. The topological polar surface area (TPSA) is 70.8 Å². The quantitative estimate of drug-likeness (QED) is 0.531. The van der Waals surface area contributed by atoms with Gasteiger partial charge in [0.05, 0.1) is 19.8 Å². The van der Waals surface area contributed by atoms with E-state index in [0.717, 1.165) is 19.4 Å². The number of hydrogen-bond acceptors (Lipinski definition) is 5. The normalized spacial score (nSPS) is 24.1. The summed E-state index contributed by atoms with van der Waals surface area (Å²) in [4.78, 5) is 11.3. The minimum absolute atomic E-state index is 0.210. The van der Waals surface area contributed by atoms with E-state index in [9.17, 15) is 4.79 Å². The van der Waals surface area contributed by atoms with Crippen LogP contribution in [0.4, 0.5) is 0 Å². The van der Waals surface area contributed by atoms with Gasteiger partial charge in [0.15, 0.2) is 0 Å². The number of rotatable bonds is 6. The fourth-order valence-corrected chi connectivity index (χ4v) is 1.61. The molecule has 1 aliphatic rings. The van der Waals surface area contributed by atoms with Crippen molar-refractivity contribution in [3.8, 4) is 0 Å². The van der Waals surface area contributed by atoms with Crippen LogP contribution < -0.4 is 5.73 Å². The SMILES string of the molecule is COC(=O)C(C)(N)CCOCC1CCCO1. The molecule has 1 saturated heterocycles. The third-order valence-corrected chi connectivity index (χ3v) is 2.75. The summed E-state index contributed by atoms with van der Waals surface area (Å²) in [6, 6.07) is 0. The summed E-state index contributed by atoms with van der Waals surface area (Å²) in [6.07, 6.45) is 2.82. The molecule has 1 rings (SSSR count). The van der Waals surface area contributed by atoms with E-state index in [4.69, 9.17) is 15.2 Å². The molecule has 0 aromatic rings. The fourth-order valence-electron chi connectivity index (χ4n) is 1.61. The largest absolute Gasteiger partial charge is 0.468 e. The highest BCUT2D eigenvalue weighted by atomic mass is 16.5. The zero-order valence-electron chi connectivity index (χ0n) is 10.0. The molecule has 1 heterocycles. The van der Waals surface area contributed by atoms with Crippen molar-refractivity contribution in [3.63, 3.8) is 0 Å². The van der Waals surface area contributed by atoms with Gasteiger partial charge in [-0.15, -0.1) is 0 Å². The lowest BCUT2D eigenvalue weighted by atomic mass is 10.0. The van der Waals surface area contributed by atoms with Crippen LogP contribution >= 0.6 is 0 Å². The second-order valence-electron chi connectivity index (χ2n) is 4.37. The Morgan fingerprint density at radius 1 is 1.62 bits per heavy atom. The standard InChI is InChI=1S/C11H21NO4/c1-11(12,10(13)14-2)5-7-15-8-9-4-3-6-16-9/h9H,3-8,12H2,1-2H3. The summed E-state index contributed by atoms with van der Waals surface area (Å²) in [5, 5.41) is 0. The van der Waals surface area contributed by atoms with Crippen molar-refractivity contribution in [2.75, 3.05) is 26.9 Å². The molecular formula is C11H21NO4. The van der Waals surface area contributed by atoms with E-state index in [1.54, 1.807) is 6.92 Å². The molecule has 0 saturated carbocycles. The molecule has 5 nitrogen and oxygen atoms in total. The van der Waals surface area contributed by atoms with E-state index in [2.05, 4.69) is 4.74 Å². The third-order valence-electron chi connectivity index (χ3n) is 2.75. The predicted molar refractivity (Wildman–Crippen MR) is 59.0 cm³/mol. The highest BCUT2D eigenvalue weighted by molar-refractivity contribution is 5.79. The van der Waals surface area contributed by atoms with Crippen molar-refractivity contribution in [1.29, 1.82) is 0 Å². The van der Waals surface area contributed by atoms with Crippen LogP contribution in [0.25, 0.3) is 0 Å². The molecule has 0 spiro atoms. The van der Waals surface area contributed by atoms with Crippen LogP contribution in [0.5, 0.6) is 0 Å². The molecule has 2 unspecified atom stereocenters. The third kappa shape index (κ3) is 4.08. The second-order valence-corrected chi connectivity index (χ2v) is 4.37. The van der Waals surface area contributed by atoms with E-state index in [0.29, 0.717) is 19.6 Å². The van der Waals surface area contributed by atoms with Gasteiger partial charge in [0, 0.05) is 13.2 Å². The van der Waals surface area contributed by atoms with Crippen molar-refractivity contribution in [2.24, 2.45) is 5.73 Å². The minimum Gasteiger partial charge on any atom is -0.468 e. The number of methoxy groups -OCH3 is 1. The van der Waals surface area contributed by atoms with Crippen molar-refractivity contribution in [2.45, 2.75) is 37.8 Å². The predicted octanol–water partition coefficient (Wildman–Crippen LogP) is 0.463. The van der Waals surface area contributed by atoms with Crippen LogP contribution in [-0.4, -0.2) is 44.5 Å². The Bertz CT molecular complexity index is 224. The van der Waals surface area contributed by atoms with Crippen LogP contribution in [0.2, 0.25) is 0 Å². The number of hydrogen-bond donors (Lipinski definition) is 1. The molecule has 16 heavy (non-hydrogen) atoms. The van der Waals surface area contributed by atoms with Crippen LogP contribution in [0.15, 0.2) is 0 Å². The number of nitrogens with two attached hydrogens (primary N) is 1. The zero-order valence-corrected chi connectivity index (χ0v) is 10.0. The summed E-state index contributed by atoms with van der Waals surface area (Å²) >= 11 is 0. The van der Waals surface area contributed by atoms with E-state index in [-0.39, 0.29) is 6.10 Å². The molecule has 2 N–H and O–H groups in total. The summed E-state index contributed by atoms with van der Waals surface area (Å²) in [6.45, 7) is 3.50. The van der Waals surface area contributed by atoms with Crippen molar-refractivity contribution in [1.82, 2.24) is 0 Å². The van der Waals surface area contributed by atoms with Crippen LogP contribution in [0.3, 0.4) is 0 Å². The van der Waals surface area contributed by atoms with Gasteiger partial charge in [0.25, 0.3) is 0 Å². The minimum atomic E-state index is -0.967. The highest BCUT2D eigenvalue weighted by Gasteiger charge is 2.29. The molecule has 94 valence electrons. The summed E-state index contributed by atoms with van der Waals surface area (Å²) in [5.41, 5.74) is 4.81. The first-order chi connectivity index (χ1) is 7.56. The maximum absolute atomic E-state index is 11.3. The first-order valence-electron chi connectivity index (χ1n) is 5.63. The smallest absolute Gasteiger partial charge is 0.325 e. The lowest BCUT2D eigenvalue weighted by Gasteiger charge is -2.21. The van der Waals surface area contributed by atoms with E-state index in [1.807, 2.05) is 0 Å². The molecule has 1 fully saturated rings. The lowest BCUT2D eigenvalue weighted by Crippen LogP contribution is -2.46. The van der Waals surface area contributed by atoms with Gasteiger partial charge in [0.1, 0.15) is 5.54 Å². The van der Waals surface area contributed by atoms with Gasteiger partial charge >= 0.3 is 5.97 Å². The molecule has 0 radical (unpaired) electrons. The summed E-state index contributed by atoms with van der Waals surface area (Å²) in [5.74, 6) is -0.409. The number of carbonyl (C=O) groups excluding carboxylic acids is 1. The van der Waals surface area contributed by atoms with Crippen LogP contribution in [0, 0.1) is 0 Å². The molecule has 0 aromatic carbocycles. The van der Waals surface area contributed by atoms with Crippen LogP contribution in [-0.2, 0) is 19.0 Å². The van der Waals surface area contributed by atoms with E-state index in [1.165, 1.54) is 7.11 Å². The van der Waals surface area contributed by atoms with Crippen molar-refractivity contribution < 1.29 is 19.0 Å². The molecule has 0 bridgehead atoms. The Hall–Kier alpha value is -0.650. The Kier molecular flexibility index (Phi) is 5.18. The molecule has 5 heteroatoms. The molecule has 0 aliphatic carbocycles. The van der Waals surface area contributed by atoms with Crippen LogP contribution in [0.1, 0.15) is 26.2 Å². The number of esters is 1. The van der Waals surface area contributed by atoms with Gasteiger partial charge in [0.2, 0.25) is 0 Å².